The normalized spacial score (nSPS) is 17.1. The van der Waals surface area contributed by atoms with Crippen molar-refractivity contribution in [2.24, 2.45) is 17.1 Å². The summed E-state index contributed by atoms with van der Waals surface area (Å²) in [4.78, 5) is 14.2. The number of carbonyl (C=O) groups is 1. The number of hydrogen-bond acceptors (Lipinski definition) is 2. The maximum absolute atomic E-state index is 12.2. The Morgan fingerprint density at radius 1 is 1.33 bits per heavy atom. The molecule has 0 aliphatic heterocycles. The summed E-state index contributed by atoms with van der Waals surface area (Å²) in [6.07, 6.45) is 7.17. The van der Waals surface area contributed by atoms with Crippen molar-refractivity contribution in [1.29, 1.82) is 0 Å². The molecule has 3 nitrogen and oxygen atoms in total. The van der Waals surface area contributed by atoms with Crippen LogP contribution in [0.5, 0.6) is 0 Å². The van der Waals surface area contributed by atoms with Gasteiger partial charge in [-0.25, -0.2) is 0 Å². The van der Waals surface area contributed by atoms with Crippen LogP contribution in [-0.2, 0) is 4.79 Å². The van der Waals surface area contributed by atoms with Crippen LogP contribution >= 0.6 is 0 Å². The molecule has 0 bridgehead atoms. The molecule has 0 radical (unpaired) electrons. The zero-order chi connectivity index (χ0) is 13.6. The SMILES string of the molecule is CCN(CC(C)(C)CN)C(=O)CCC1CCCC1. The molecular formula is C15H30N2O. The molecule has 1 aliphatic rings. The second kappa shape index (κ2) is 7.13. The molecule has 18 heavy (non-hydrogen) atoms. The molecule has 0 heterocycles. The molecular weight excluding hydrogens is 224 g/mol. The van der Waals surface area contributed by atoms with E-state index >= 15 is 0 Å². The summed E-state index contributed by atoms with van der Waals surface area (Å²) in [7, 11) is 0. The van der Waals surface area contributed by atoms with Crippen molar-refractivity contribution in [3.63, 3.8) is 0 Å². The zero-order valence-electron chi connectivity index (χ0n) is 12.4. The van der Waals surface area contributed by atoms with Gasteiger partial charge in [0.1, 0.15) is 0 Å². The van der Waals surface area contributed by atoms with E-state index in [1.807, 2.05) is 4.90 Å². The van der Waals surface area contributed by atoms with E-state index < -0.39 is 0 Å². The smallest absolute Gasteiger partial charge is 0.222 e. The van der Waals surface area contributed by atoms with Crippen molar-refractivity contribution < 1.29 is 4.79 Å². The number of amides is 1. The molecule has 0 spiro atoms. The van der Waals surface area contributed by atoms with Crippen molar-refractivity contribution in [2.75, 3.05) is 19.6 Å². The van der Waals surface area contributed by atoms with Gasteiger partial charge in [-0.05, 0) is 31.2 Å². The van der Waals surface area contributed by atoms with E-state index in [1.165, 1.54) is 25.7 Å². The van der Waals surface area contributed by atoms with Crippen LogP contribution in [0.4, 0.5) is 0 Å². The van der Waals surface area contributed by atoms with Crippen LogP contribution in [-0.4, -0.2) is 30.4 Å². The van der Waals surface area contributed by atoms with Crippen molar-refractivity contribution in [3.05, 3.63) is 0 Å². The Balaban J connectivity index is 2.36. The number of nitrogens with zero attached hydrogens (tertiary/aromatic N) is 1. The molecule has 1 amide bonds. The monoisotopic (exact) mass is 254 g/mol. The van der Waals surface area contributed by atoms with Crippen LogP contribution < -0.4 is 5.73 Å². The first-order chi connectivity index (χ1) is 8.48. The van der Waals surface area contributed by atoms with Crippen LogP contribution in [0.1, 0.15) is 59.3 Å². The zero-order valence-corrected chi connectivity index (χ0v) is 12.4. The fraction of sp³-hybridized carbons (Fsp3) is 0.933. The molecule has 0 saturated heterocycles. The highest BCUT2D eigenvalue weighted by Gasteiger charge is 2.23. The minimum absolute atomic E-state index is 0.0268. The van der Waals surface area contributed by atoms with Gasteiger partial charge in [0.05, 0.1) is 0 Å². The maximum atomic E-state index is 12.2. The van der Waals surface area contributed by atoms with E-state index in [9.17, 15) is 4.79 Å². The van der Waals surface area contributed by atoms with Gasteiger partial charge >= 0.3 is 0 Å². The van der Waals surface area contributed by atoms with Gasteiger partial charge < -0.3 is 10.6 Å². The minimum atomic E-state index is 0.0268. The second-order valence-corrected chi connectivity index (χ2v) is 6.47. The summed E-state index contributed by atoms with van der Waals surface area (Å²) in [6, 6.07) is 0. The van der Waals surface area contributed by atoms with Crippen molar-refractivity contribution in [1.82, 2.24) is 4.90 Å². The molecule has 0 aromatic carbocycles. The average Bonchev–Trinajstić information content (AvgIpc) is 2.86. The lowest BCUT2D eigenvalue weighted by atomic mass is 9.92. The molecule has 0 unspecified atom stereocenters. The third-order valence-electron chi connectivity index (χ3n) is 4.15. The summed E-state index contributed by atoms with van der Waals surface area (Å²) in [5, 5.41) is 0. The van der Waals surface area contributed by atoms with Gasteiger partial charge in [0, 0.05) is 19.5 Å². The van der Waals surface area contributed by atoms with Gasteiger partial charge in [0.2, 0.25) is 5.91 Å². The Morgan fingerprint density at radius 3 is 2.44 bits per heavy atom. The lowest BCUT2D eigenvalue weighted by molar-refractivity contribution is -0.132. The highest BCUT2D eigenvalue weighted by molar-refractivity contribution is 5.76. The Kier molecular flexibility index (Phi) is 6.13. The summed E-state index contributed by atoms with van der Waals surface area (Å²) in [5.41, 5.74) is 5.77. The van der Waals surface area contributed by atoms with Crippen LogP contribution in [0.25, 0.3) is 0 Å². The van der Waals surface area contributed by atoms with Crippen LogP contribution in [0.2, 0.25) is 0 Å². The Labute approximate surface area is 112 Å². The predicted octanol–water partition coefficient (Wildman–Crippen LogP) is 2.79. The van der Waals surface area contributed by atoms with E-state index in [0.717, 1.165) is 31.8 Å². The van der Waals surface area contributed by atoms with Gasteiger partial charge in [-0.3, -0.25) is 4.79 Å². The van der Waals surface area contributed by atoms with Crippen LogP contribution in [0.3, 0.4) is 0 Å². The van der Waals surface area contributed by atoms with E-state index in [-0.39, 0.29) is 5.41 Å². The predicted molar refractivity (Wildman–Crippen MR) is 76.3 cm³/mol. The molecule has 1 aliphatic carbocycles. The quantitative estimate of drug-likeness (QED) is 0.759. The summed E-state index contributed by atoms with van der Waals surface area (Å²) in [6.45, 7) is 8.51. The first-order valence-corrected chi connectivity index (χ1v) is 7.46. The topological polar surface area (TPSA) is 46.3 Å². The highest BCUT2D eigenvalue weighted by atomic mass is 16.2. The lowest BCUT2D eigenvalue weighted by Gasteiger charge is -2.31. The van der Waals surface area contributed by atoms with Crippen molar-refractivity contribution >= 4 is 5.91 Å². The molecule has 1 fully saturated rings. The van der Waals surface area contributed by atoms with Crippen molar-refractivity contribution in [3.8, 4) is 0 Å². The second-order valence-electron chi connectivity index (χ2n) is 6.47. The molecule has 1 rings (SSSR count). The third kappa shape index (κ3) is 4.97. The fourth-order valence-electron chi connectivity index (χ4n) is 2.74. The van der Waals surface area contributed by atoms with Gasteiger partial charge in [-0.2, -0.15) is 0 Å². The number of hydrogen-bond donors (Lipinski definition) is 1. The van der Waals surface area contributed by atoms with E-state index in [2.05, 4.69) is 20.8 Å². The van der Waals surface area contributed by atoms with E-state index in [0.29, 0.717) is 12.5 Å². The van der Waals surface area contributed by atoms with Gasteiger partial charge in [-0.15, -0.1) is 0 Å². The van der Waals surface area contributed by atoms with E-state index in [1.54, 1.807) is 0 Å². The Morgan fingerprint density at radius 2 is 1.94 bits per heavy atom. The molecule has 0 atom stereocenters. The fourth-order valence-corrected chi connectivity index (χ4v) is 2.74. The first kappa shape index (κ1) is 15.5. The van der Waals surface area contributed by atoms with Crippen LogP contribution in [0, 0.1) is 11.3 Å². The lowest BCUT2D eigenvalue weighted by Crippen LogP contribution is -2.42. The third-order valence-corrected chi connectivity index (χ3v) is 4.15. The van der Waals surface area contributed by atoms with Gasteiger partial charge in [0.15, 0.2) is 0 Å². The van der Waals surface area contributed by atoms with Gasteiger partial charge in [-0.1, -0.05) is 39.5 Å². The van der Waals surface area contributed by atoms with Crippen LogP contribution in [0.15, 0.2) is 0 Å². The molecule has 2 N–H and O–H groups in total. The largest absolute Gasteiger partial charge is 0.342 e. The number of carbonyl (C=O) groups excluding carboxylic acids is 1. The molecule has 106 valence electrons. The molecule has 1 saturated carbocycles. The molecule has 3 heteroatoms. The Bertz CT molecular complexity index is 257. The number of rotatable bonds is 7. The van der Waals surface area contributed by atoms with Gasteiger partial charge in [0.25, 0.3) is 0 Å². The maximum Gasteiger partial charge on any atom is 0.222 e. The molecule has 0 aromatic rings. The summed E-state index contributed by atoms with van der Waals surface area (Å²) in [5.74, 6) is 1.11. The van der Waals surface area contributed by atoms with E-state index in [4.69, 9.17) is 5.73 Å². The summed E-state index contributed by atoms with van der Waals surface area (Å²) < 4.78 is 0. The van der Waals surface area contributed by atoms with Crippen molar-refractivity contribution in [2.45, 2.75) is 59.3 Å². The first-order valence-electron chi connectivity index (χ1n) is 7.46. The standard InChI is InChI=1S/C15H30N2O/c1-4-17(12-15(2,3)11-16)14(18)10-9-13-7-5-6-8-13/h13H,4-12,16H2,1-3H3. The molecule has 0 aromatic heterocycles. The minimum Gasteiger partial charge on any atom is -0.342 e. The Hall–Kier alpha value is -0.570. The average molecular weight is 254 g/mol. The summed E-state index contributed by atoms with van der Waals surface area (Å²) >= 11 is 0. The number of nitrogens with two attached hydrogens (primary N) is 1. The highest BCUT2D eigenvalue weighted by Crippen LogP contribution is 2.28.